The average Bonchev–Trinajstić information content (AvgIpc) is 3.35. The van der Waals surface area contributed by atoms with Crippen molar-refractivity contribution in [2.24, 2.45) is 5.73 Å². The van der Waals surface area contributed by atoms with E-state index in [0.717, 1.165) is 76.1 Å². The van der Waals surface area contributed by atoms with Crippen LogP contribution in [0.15, 0.2) is 44.6 Å². The number of hydrogen-bond acceptors (Lipinski definition) is 16. The zero-order chi connectivity index (χ0) is 55.3. The molecule has 420 valence electrons. The average molecular weight is 1050 g/mol. The molecule has 20 nitrogen and oxygen atoms in total. The van der Waals surface area contributed by atoms with Crippen molar-refractivity contribution in [3.63, 3.8) is 0 Å². The number of amides is 4. The number of carbonyl (C=O) groups is 4. The Morgan fingerprint density at radius 1 is 0.667 bits per heavy atom. The highest BCUT2D eigenvalue weighted by Gasteiger charge is 2.27. The van der Waals surface area contributed by atoms with Gasteiger partial charge < -0.3 is 76.5 Å². The molecule has 0 aliphatic carbocycles. The molecule has 20 heteroatoms. The van der Waals surface area contributed by atoms with E-state index in [9.17, 15) is 29.1 Å². The fourth-order valence-electron chi connectivity index (χ4n) is 8.16. The van der Waals surface area contributed by atoms with E-state index in [1.807, 2.05) is 75.1 Å². The first-order valence-corrected chi connectivity index (χ1v) is 26.5. The second-order valence-corrected chi connectivity index (χ2v) is 19.8. The highest BCUT2D eigenvalue weighted by atomic mass is 16.5. The Bertz CT molecular complexity index is 2400. The Kier molecular flexibility index (Phi) is 29.4. The molecule has 0 aliphatic rings. The van der Waals surface area contributed by atoms with Gasteiger partial charge in [0.1, 0.15) is 40.1 Å². The number of nitrogens with zero attached hydrogens (tertiary/aromatic N) is 2. The van der Waals surface area contributed by atoms with Crippen LogP contribution in [-0.2, 0) is 32.0 Å². The van der Waals surface area contributed by atoms with Gasteiger partial charge in [0, 0.05) is 36.3 Å². The number of aromatic hydroxyl groups is 1. The van der Waals surface area contributed by atoms with Gasteiger partial charge in [-0.1, -0.05) is 23.3 Å². The van der Waals surface area contributed by atoms with E-state index in [2.05, 4.69) is 47.0 Å². The smallest absolute Gasteiger partial charge is 0.258 e. The first-order chi connectivity index (χ1) is 35.9. The molecule has 1 aromatic heterocycles. The van der Waals surface area contributed by atoms with Crippen LogP contribution in [0, 0.1) is 0 Å². The van der Waals surface area contributed by atoms with Gasteiger partial charge in [-0.15, -0.1) is 0 Å². The SMILES string of the molecule is CNCCCC(NC(=O)COc1cc2oc3cc(OCC(=O)NC(CCCN)C(=O)NCCCNCCCN(C)C)c(OC)c(CC=C(C)C)c3c(=O)c2c(O)c1CC=C(C)C)C(=O)NCCCNCCCN(C)C. The van der Waals surface area contributed by atoms with Gasteiger partial charge in [-0.3, -0.25) is 24.0 Å². The number of hydrogen-bond donors (Lipinski definition) is 9. The number of methoxy groups -OCH3 is 1. The molecule has 1 heterocycles. The zero-order valence-corrected chi connectivity index (χ0v) is 46.6. The lowest BCUT2D eigenvalue weighted by molar-refractivity contribution is -0.130. The van der Waals surface area contributed by atoms with Crippen LogP contribution in [0.5, 0.6) is 23.0 Å². The summed E-state index contributed by atoms with van der Waals surface area (Å²) in [7, 11) is 11.4. The fourth-order valence-corrected chi connectivity index (χ4v) is 8.16. The second-order valence-electron chi connectivity index (χ2n) is 19.8. The number of allylic oxidation sites excluding steroid dienone is 4. The van der Waals surface area contributed by atoms with E-state index < -0.39 is 42.5 Å². The van der Waals surface area contributed by atoms with Crippen LogP contribution in [0.1, 0.15) is 90.2 Å². The normalized spacial score (nSPS) is 12.1. The number of nitrogens with two attached hydrogens (primary N) is 1. The van der Waals surface area contributed by atoms with E-state index in [4.69, 9.17) is 24.4 Å². The van der Waals surface area contributed by atoms with Gasteiger partial charge in [0.05, 0.1) is 12.5 Å². The van der Waals surface area contributed by atoms with Gasteiger partial charge >= 0.3 is 0 Å². The summed E-state index contributed by atoms with van der Waals surface area (Å²) >= 11 is 0. The summed E-state index contributed by atoms with van der Waals surface area (Å²) in [4.78, 5) is 72.7. The molecule has 3 rings (SSSR count). The molecule has 2 aromatic carbocycles. The van der Waals surface area contributed by atoms with Gasteiger partial charge in [-0.05, 0) is 179 Å². The van der Waals surface area contributed by atoms with Crippen molar-refractivity contribution in [3.05, 3.63) is 56.8 Å². The summed E-state index contributed by atoms with van der Waals surface area (Å²) in [6, 6.07) is 1.25. The summed E-state index contributed by atoms with van der Waals surface area (Å²) in [6.07, 6.45) is 9.47. The van der Waals surface area contributed by atoms with Crippen molar-refractivity contribution < 1.29 is 42.9 Å². The summed E-state index contributed by atoms with van der Waals surface area (Å²) in [5.41, 5.74) is 7.83. The Hall–Kier alpha value is -5.77. The third-order valence-corrected chi connectivity index (χ3v) is 12.2. The third-order valence-electron chi connectivity index (χ3n) is 12.2. The van der Waals surface area contributed by atoms with Gasteiger partial charge in [-0.2, -0.15) is 0 Å². The number of fused-ring (bicyclic) bond motifs is 2. The zero-order valence-electron chi connectivity index (χ0n) is 46.6. The van der Waals surface area contributed by atoms with Crippen molar-refractivity contribution >= 4 is 45.6 Å². The van der Waals surface area contributed by atoms with Gasteiger partial charge in [0.25, 0.3) is 11.8 Å². The van der Waals surface area contributed by atoms with Crippen molar-refractivity contribution in [2.75, 3.05) is 121 Å². The van der Waals surface area contributed by atoms with Crippen LogP contribution in [0.3, 0.4) is 0 Å². The lowest BCUT2D eigenvalue weighted by Gasteiger charge is -2.20. The third kappa shape index (κ3) is 22.5. The topological polar surface area (TPSA) is 263 Å². The standard InChI is InChI=1S/C55H90N10O10/c1-37(2)19-21-39-43(73-35-47(66)63-42(18-12-24-57-5)55(71)61-30-14-26-59-28-16-32-65(8)9)33-45-50(51(39)68)52(69)49-40(22-20-38(3)4)53(72-10)46(34-44(49)75-45)74-36-48(67)62-41(17-11-23-56)54(70)60-29-13-25-58-27-15-31-64(6)7/h19-20,33-34,41-42,57-59,68H,11-18,21-32,35-36,56H2,1-10H3,(H,60,70)(H,61,71)(H,62,67)(H,63,66). The lowest BCUT2D eigenvalue weighted by Crippen LogP contribution is -2.48. The molecule has 3 aromatic rings. The highest BCUT2D eigenvalue weighted by molar-refractivity contribution is 5.98. The monoisotopic (exact) mass is 1050 g/mol. The molecule has 0 fully saturated rings. The van der Waals surface area contributed by atoms with Crippen LogP contribution < -0.4 is 62.6 Å². The van der Waals surface area contributed by atoms with E-state index in [1.54, 1.807) is 0 Å². The van der Waals surface area contributed by atoms with Gasteiger partial charge in [0.2, 0.25) is 17.2 Å². The van der Waals surface area contributed by atoms with Crippen LogP contribution in [-0.4, -0.2) is 172 Å². The Balaban J connectivity index is 1.93. The number of carbonyl (C=O) groups excluding carboxylic acids is 4. The van der Waals surface area contributed by atoms with Crippen LogP contribution in [0.2, 0.25) is 0 Å². The van der Waals surface area contributed by atoms with E-state index in [0.29, 0.717) is 57.4 Å². The molecule has 0 spiro atoms. The Labute approximate surface area is 444 Å². The first-order valence-electron chi connectivity index (χ1n) is 26.5. The van der Waals surface area contributed by atoms with Crippen molar-refractivity contribution in [3.8, 4) is 23.0 Å². The van der Waals surface area contributed by atoms with Crippen LogP contribution >= 0.6 is 0 Å². The minimum atomic E-state index is -0.847. The largest absolute Gasteiger partial charge is 0.507 e. The number of ether oxygens (including phenoxy) is 3. The summed E-state index contributed by atoms with van der Waals surface area (Å²) in [6.45, 7) is 13.7. The summed E-state index contributed by atoms with van der Waals surface area (Å²) in [5, 5.41) is 33.4. The molecule has 0 saturated carbocycles. The Morgan fingerprint density at radius 2 is 1.15 bits per heavy atom. The lowest BCUT2D eigenvalue weighted by atomic mass is 9.98. The Morgan fingerprint density at radius 3 is 1.64 bits per heavy atom. The van der Waals surface area contributed by atoms with Crippen molar-refractivity contribution in [2.45, 2.75) is 104 Å². The summed E-state index contributed by atoms with van der Waals surface area (Å²) < 4.78 is 24.6. The molecular weight excluding hydrogens is 961 g/mol. The highest BCUT2D eigenvalue weighted by Crippen LogP contribution is 2.41. The minimum absolute atomic E-state index is 0.0336. The van der Waals surface area contributed by atoms with E-state index in [-0.39, 0.29) is 75.2 Å². The molecular formula is C55H90N10O10. The number of rotatable bonds is 38. The first kappa shape index (κ1) is 63.5. The van der Waals surface area contributed by atoms with Gasteiger partial charge in [-0.25, -0.2) is 0 Å². The van der Waals surface area contributed by atoms with Crippen molar-refractivity contribution in [1.82, 2.24) is 47.0 Å². The quantitative estimate of drug-likeness (QED) is 0.0227. The molecule has 0 radical (unpaired) electrons. The second kappa shape index (κ2) is 34.7. The fraction of sp³-hybridized carbons (Fsp3) is 0.618. The van der Waals surface area contributed by atoms with E-state index >= 15 is 0 Å². The van der Waals surface area contributed by atoms with Crippen molar-refractivity contribution in [1.29, 1.82) is 0 Å². The molecule has 2 unspecified atom stereocenters. The summed E-state index contributed by atoms with van der Waals surface area (Å²) in [5.74, 6) is -1.75. The van der Waals surface area contributed by atoms with Gasteiger partial charge in [0.15, 0.2) is 24.7 Å². The molecule has 2 atom stereocenters. The number of benzene rings is 2. The maximum Gasteiger partial charge on any atom is 0.258 e. The predicted molar refractivity (Wildman–Crippen MR) is 298 cm³/mol. The number of phenolic OH excluding ortho intramolecular Hbond substituents is 1. The molecule has 0 saturated heterocycles. The van der Waals surface area contributed by atoms with Crippen LogP contribution in [0.25, 0.3) is 21.9 Å². The van der Waals surface area contributed by atoms with E-state index in [1.165, 1.54) is 19.2 Å². The molecule has 75 heavy (non-hydrogen) atoms. The number of phenols is 1. The van der Waals surface area contributed by atoms with Crippen LogP contribution in [0.4, 0.5) is 0 Å². The predicted octanol–water partition coefficient (Wildman–Crippen LogP) is 3.24. The molecule has 0 bridgehead atoms. The maximum absolute atomic E-state index is 14.8. The minimum Gasteiger partial charge on any atom is -0.507 e. The molecule has 0 aliphatic heterocycles. The maximum atomic E-state index is 14.8. The molecule has 10 N–H and O–H groups in total. The number of nitrogens with one attached hydrogen (secondary N) is 7. The molecule has 4 amide bonds.